The van der Waals surface area contributed by atoms with Gasteiger partial charge in [0.15, 0.2) is 5.16 Å². The number of anilines is 1. The van der Waals surface area contributed by atoms with E-state index in [0.717, 1.165) is 23.9 Å². The Morgan fingerprint density at radius 2 is 1.89 bits per heavy atom. The molecule has 3 rings (SSSR count). The van der Waals surface area contributed by atoms with Gasteiger partial charge in [-0.1, -0.05) is 37.2 Å². The molecule has 0 atom stereocenters. The Labute approximate surface area is 168 Å². The lowest BCUT2D eigenvalue weighted by molar-refractivity contribution is -0.113. The van der Waals surface area contributed by atoms with E-state index in [1.165, 1.54) is 23.9 Å². The third kappa shape index (κ3) is 5.34. The number of unbranched alkanes of at least 4 members (excludes halogenated alkanes) is 1. The molecule has 0 fully saturated rings. The zero-order valence-corrected chi connectivity index (χ0v) is 17.1. The monoisotopic (exact) mass is 418 g/mol. The second kappa shape index (κ2) is 9.22. The van der Waals surface area contributed by atoms with E-state index in [1.54, 1.807) is 12.1 Å². The van der Waals surface area contributed by atoms with Gasteiger partial charge in [-0.05, 0) is 42.8 Å². The van der Waals surface area contributed by atoms with Gasteiger partial charge in [-0.15, -0.1) is 0 Å². The first-order valence-corrected chi connectivity index (χ1v) is 11.4. The summed E-state index contributed by atoms with van der Waals surface area (Å²) in [4.78, 5) is 19.9. The SMILES string of the molecule is CCCCNS(=O)(=O)c1ccc(NC(=O)CSc2nc3ccccc3[nH]2)cc1. The number of aromatic nitrogens is 2. The van der Waals surface area contributed by atoms with Crippen molar-refractivity contribution in [3.05, 3.63) is 48.5 Å². The Kier molecular flexibility index (Phi) is 6.71. The van der Waals surface area contributed by atoms with Gasteiger partial charge >= 0.3 is 0 Å². The molecule has 28 heavy (non-hydrogen) atoms. The summed E-state index contributed by atoms with van der Waals surface area (Å²) in [5.74, 6) is 0.000434. The van der Waals surface area contributed by atoms with Gasteiger partial charge in [0, 0.05) is 12.2 Å². The molecule has 0 aliphatic carbocycles. The first-order valence-electron chi connectivity index (χ1n) is 8.95. The Bertz CT molecular complexity index is 1010. The van der Waals surface area contributed by atoms with Gasteiger partial charge in [-0.3, -0.25) is 4.79 Å². The van der Waals surface area contributed by atoms with E-state index >= 15 is 0 Å². The van der Waals surface area contributed by atoms with Crippen LogP contribution in [0.3, 0.4) is 0 Å². The number of thioether (sulfide) groups is 1. The number of hydrogen-bond acceptors (Lipinski definition) is 5. The Balaban J connectivity index is 1.54. The highest BCUT2D eigenvalue weighted by Crippen LogP contribution is 2.20. The van der Waals surface area contributed by atoms with Crippen LogP contribution in [0.15, 0.2) is 58.6 Å². The lowest BCUT2D eigenvalue weighted by atomic mass is 10.3. The van der Waals surface area contributed by atoms with Gasteiger partial charge in [0.25, 0.3) is 0 Å². The minimum atomic E-state index is -3.52. The van der Waals surface area contributed by atoms with Crippen LogP contribution in [-0.2, 0) is 14.8 Å². The van der Waals surface area contributed by atoms with Crippen LogP contribution in [0.4, 0.5) is 5.69 Å². The third-order valence-electron chi connectivity index (χ3n) is 3.98. The molecule has 0 aliphatic heterocycles. The summed E-state index contributed by atoms with van der Waals surface area (Å²) in [7, 11) is -3.52. The van der Waals surface area contributed by atoms with Crippen molar-refractivity contribution in [1.82, 2.24) is 14.7 Å². The number of benzene rings is 2. The molecule has 9 heteroatoms. The summed E-state index contributed by atoms with van der Waals surface area (Å²) in [6.45, 7) is 2.41. The molecular weight excluding hydrogens is 396 g/mol. The quantitative estimate of drug-likeness (QED) is 0.365. The molecule has 3 aromatic rings. The maximum Gasteiger partial charge on any atom is 0.240 e. The number of sulfonamides is 1. The molecule has 1 heterocycles. The number of nitrogens with one attached hydrogen (secondary N) is 3. The predicted molar refractivity (Wildman–Crippen MR) is 112 cm³/mol. The normalized spacial score (nSPS) is 11.6. The van der Waals surface area contributed by atoms with Crippen LogP contribution < -0.4 is 10.0 Å². The first kappa shape index (κ1) is 20.4. The van der Waals surface area contributed by atoms with Crippen molar-refractivity contribution in [3.63, 3.8) is 0 Å². The van der Waals surface area contributed by atoms with E-state index in [-0.39, 0.29) is 16.6 Å². The predicted octanol–water partition coefficient (Wildman–Crippen LogP) is 3.37. The van der Waals surface area contributed by atoms with Crippen molar-refractivity contribution in [2.75, 3.05) is 17.6 Å². The van der Waals surface area contributed by atoms with Gasteiger partial charge in [-0.25, -0.2) is 18.1 Å². The topological polar surface area (TPSA) is 104 Å². The zero-order chi connectivity index (χ0) is 20.0. The van der Waals surface area contributed by atoms with Crippen LogP contribution in [0.25, 0.3) is 11.0 Å². The van der Waals surface area contributed by atoms with Crippen LogP contribution in [0, 0.1) is 0 Å². The molecule has 0 bridgehead atoms. The number of H-pyrrole nitrogens is 1. The highest BCUT2D eigenvalue weighted by molar-refractivity contribution is 7.99. The highest BCUT2D eigenvalue weighted by atomic mass is 32.2. The molecule has 3 N–H and O–H groups in total. The van der Waals surface area contributed by atoms with Crippen molar-refractivity contribution >= 4 is 44.4 Å². The number of amides is 1. The van der Waals surface area contributed by atoms with E-state index in [9.17, 15) is 13.2 Å². The summed E-state index contributed by atoms with van der Waals surface area (Å²) >= 11 is 1.31. The van der Waals surface area contributed by atoms with Gasteiger partial charge in [0.05, 0.1) is 21.7 Å². The van der Waals surface area contributed by atoms with Crippen molar-refractivity contribution in [2.45, 2.75) is 29.8 Å². The van der Waals surface area contributed by atoms with Crippen LogP contribution in [-0.4, -0.2) is 36.6 Å². The average molecular weight is 419 g/mol. The van der Waals surface area contributed by atoms with Crippen molar-refractivity contribution in [1.29, 1.82) is 0 Å². The van der Waals surface area contributed by atoms with Crippen molar-refractivity contribution in [3.8, 4) is 0 Å². The maximum absolute atomic E-state index is 12.2. The minimum Gasteiger partial charge on any atom is -0.333 e. The van der Waals surface area contributed by atoms with E-state index in [0.29, 0.717) is 17.4 Å². The number of rotatable bonds is 9. The van der Waals surface area contributed by atoms with Crippen LogP contribution >= 0.6 is 11.8 Å². The second-order valence-corrected chi connectivity index (χ2v) is 8.90. The standard InChI is InChI=1S/C19H22N4O3S2/c1-2-3-12-20-28(25,26)15-10-8-14(9-11-15)21-18(24)13-27-19-22-16-6-4-5-7-17(16)23-19/h4-11,20H,2-3,12-13H2,1H3,(H,21,24)(H,22,23). The van der Waals surface area contributed by atoms with Gasteiger partial charge in [-0.2, -0.15) is 0 Å². The molecule has 0 radical (unpaired) electrons. The molecule has 0 unspecified atom stereocenters. The van der Waals surface area contributed by atoms with Crippen LogP contribution in [0.1, 0.15) is 19.8 Å². The largest absolute Gasteiger partial charge is 0.333 e. The lowest BCUT2D eigenvalue weighted by Gasteiger charge is -2.08. The fourth-order valence-corrected chi connectivity index (χ4v) is 4.27. The molecule has 0 spiro atoms. The summed E-state index contributed by atoms with van der Waals surface area (Å²) < 4.78 is 26.9. The number of imidazole rings is 1. The summed E-state index contributed by atoms with van der Waals surface area (Å²) in [6, 6.07) is 13.8. The van der Waals surface area contributed by atoms with Gasteiger partial charge < -0.3 is 10.3 Å². The van der Waals surface area contributed by atoms with Crippen LogP contribution in [0.2, 0.25) is 0 Å². The summed E-state index contributed by atoms with van der Waals surface area (Å²) in [5, 5.41) is 3.44. The molecular formula is C19H22N4O3S2. The van der Waals surface area contributed by atoms with E-state index < -0.39 is 10.0 Å². The van der Waals surface area contributed by atoms with E-state index in [1.807, 2.05) is 31.2 Å². The Morgan fingerprint density at radius 1 is 1.14 bits per heavy atom. The van der Waals surface area contributed by atoms with Gasteiger partial charge in [0.1, 0.15) is 0 Å². The zero-order valence-electron chi connectivity index (χ0n) is 15.4. The second-order valence-electron chi connectivity index (χ2n) is 6.17. The minimum absolute atomic E-state index is 0.179. The fraction of sp³-hybridized carbons (Fsp3) is 0.263. The molecule has 0 aliphatic rings. The fourth-order valence-electron chi connectivity index (χ4n) is 2.51. The Morgan fingerprint density at radius 3 is 2.61 bits per heavy atom. The van der Waals surface area contributed by atoms with E-state index in [2.05, 4.69) is 20.0 Å². The molecule has 1 aromatic heterocycles. The number of para-hydroxylation sites is 2. The van der Waals surface area contributed by atoms with Crippen LogP contribution in [0.5, 0.6) is 0 Å². The number of fused-ring (bicyclic) bond motifs is 1. The summed E-state index contributed by atoms with van der Waals surface area (Å²) in [6.07, 6.45) is 1.70. The number of carbonyl (C=O) groups is 1. The number of nitrogens with zero attached hydrogens (tertiary/aromatic N) is 1. The summed E-state index contributed by atoms with van der Waals surface area (Å²) in [5.41, 5.74) is 2.33. The molecule has 148 valence electrons. The van der Waals surface area contributed by atoms with Crippen molar-refractivity contribution in [2.24, 2.45) is 0 Å². The first-order chi connectivity index (χ1) is 13.5. The maximum atomic E-state index is 12.2. The molecule has 0 saturated heterocycles. The molecule has 1 amide bonds. The van der Waals surface area contributed by atoms with E-state index in [4.69, 9.17) is 0 Å². The smallest absolute Gasteiger partial charge is 0.240 e. The number of hydrogen-bond donors (Lipinski definition) is 3. The third-order valence-corrected chi connectivity index (χ3v) is 6.33. The molecule has 7 nitrogen and oxygen atoms in total. The Hall–Kier alpha value is -2.36. The number of aromatic amines is 1. The highest BCUT2D eigenvalue weighted by Gasteiger charge is 2.13. The molecule has 2 aromatic carbocycles. The average Bonchev–Trinajstić information content (AvgIpc) is 3.10. The number of carbonyl (C=O) groups excluding carboxylic acids is 1. The molecule has 0 saturated carbocycles. The lowest BCUT2D eigenvalue weighted by Crippen LogP contribution is -2.24. The van der Waals surface area contributed by atoms with Crippen molar-refractivity contribution < 1.29 is 13.2 Å². The van der Waals surface area contributed by atoms with Gasteiger partial charge in [0.2, 0.25) is 15.9 Å².